The van der Waals surface area contributed by atoms with Crippen molar-refractivity contribution in [3.63, 3.8) is 0 Å². The Kier molecular flexibility index (Phi) is 9.25. The summed E-state index contributed by atoms with van der Waals surface area (Å²) < 4.78 is 31.7. The van der Waals surface area contributed by atoms with Crippen molar-refractivity contribution in [3.8, 4) is 0 Å². The van der Waals surface area contributed by atoms with E-state index in [9.17, 15) is 18.4 Å². The van der Waals surface area contributed by atoms with Crippen molar-refractivity contribution in [2.75, 3.05) is 37.3 Å². The van der Waals surface area contributed by atoms with Gasteiger partial charge >= 0.3 is 5.69 Å². The van der Waals surface area contributed by atoms with Gasteiger partial charge < -0.3 is 10.6 Å². The Morgan fingerprint density at radius 1 is 0.833 bits per heavy atom. The Bertz CT molecular complexity index is 1630. The summed E-state index contributed by atoms with van der Waals surface area (Å²) in [6.07, 6.45) is 2.05. The van der Waals surface area contributed by atoms with Crippen molar-refractivity contribution in [1.82, 2.24) is 14.0 Å². The molecule has 7 nitrogen and oxygen atoms in total. The SMILES string of the molecule is CSc1ccc(CN2CCN(c3c(C)n(Cc4c(F)cccc4F)c(=O)n(C[C@H](N)c4ccccc4)c3=O)CC2)cc1. The number of thioether (sulfide) groups is 1. The molecule has 220 valence electrons. The van der Waals surface area contributed by atoms with E-state index in [0.717, 1.165) is 28.8 Å². The van der Waals surface area contributed by atoms with Crippen LogP contribution in [0.25, 0.3) is 0 Å². The van der Waals surface area contributed by atoms with E-state index in [-0.39, 0.29) is 18.7 Å². The molecule has 1 aliphatic heterocycles. The number of piperazine rings is 1. The summed E-state index contributed by atoms with van der Waals surface area (Å²) in [5.74, 6) is -1.50. The Labute approximate surface area is 248 Å². The van der Waals surface area contributed by atoms with Gasteiger partial charge in [0.1, 0.15) is 17.3 Å². The second-order valence-corrected chi connectivity index (χ2v) is 11.4. The van der Waals surface area contributed by atoms with Crippen LogP contribution in [0.3, 0.4) is 0 Å². The van der Waals surface area contributed by atoms with E-state index in [1.807, 2.05) is 35.2 Å². The second kappa shape index (κ2) is 13.1. The molecule has 2 heterocycles. The number of rotatable bonds is 9. The van der Waals surface area contributed by atoms with Crippen LogP contribution in [0.4, 0.5) is 14.5 Å². The lowest BCUT2D eigenvalue weighted by atomic mass is 10.1. The summed E-state index contributed by atoms with van der Waals surface area (Å²) >= 11 is 1.71. The van der Waals surface area contributed by atoms with Crippen molar-refractivity contribution in [2.24, 2.45) is 5.73 Å². The first kappa shape index (κ1) is 29.8. The maximum Gasteiger partial charge on any atom is 0.331 e. The highest BCUT2D eigenvalue weighted by Crippen LogP contribution is 2.21. The Hall–Kier alpha value is -3.73. The molecule has 4 aromatic rings. The van der Waals surface area contributed by atoms with Crippen molar-refractivity contribution < 1.29 is 8.78 Å². The summed E-state index contributed by atoms with van der Waals surface area (Å²) in [7, 11) is 0. The number of anilines is 1. The molecule has 0 saturated carbocycles. The van der Waals surface area contributed by atoms with Gasteiger partial charge in [-0.15, -0.1) is 11.8 Å². The molecule has 1 atom stereocenters. The minimum Gasteiger partial charge on any atom is -0.363 e. The van der Waals surface area contributed by atoms with Crippen LogP contribution < -0.4 is 21.9 Å². The predicted octanol–water partition coefficient (Wildman–Crippen LogP) is 4.39. The van der Waals surface area contributed by atoms with E-state index in [4.69, 9.17) is 5.73 Å². The van der Waals surface area contributed by atoms with E-state index in [1.165, 1.54) is 21.1 Å². The van der Waals surface area contributed by atoms with Gasteiger partial charge in [0.15, 0.2) is 0 Å². The fraction of sp³-hybridized carbons (Fsp3) is 0.312. The fourth-order valence-corrected chi connectivity index (χ4v) is 5.87. The molecule has 1 aromatic heterocycles. The van der Waals surface area contributed by atoms with E-state index in [1.54, 1.807) is 18.7 Å². The lowest BCUT2D eigenvalue weighted by Gasteiger charge is -2.37. The lowest BCUT2D eigenvalue weighted by Crippen LogP contribution is -2.51. The first-order valence-corrected chi connectivity index (χ1v) is 15.2. The molecule has 1 aliphatic rings. The zero-order valence-corrected chi connectivity index (χ0v) is 24.6. The van der Waals surface area contributed by atoms with Crippen LogP contribution in [-0.2, 0) is 19.6 Å². The van der Waals surface area contributed by atoms with Crippen molar-refractivity contribution in [3.05, 3.63) is 128 Å². The molecule has 2 N–H and O–H groups in total. The highest BCUT2D eigenvalue weighted by molar-refractivity contribution is 7.98. The van der Waals surface area contributed by atoms with Gasteiger partial charge in [-0.1, -0.05) is 48.5 Å². The Balaban J connectivity index is 1.47. The Morgan fingerprint density at radius 2 is 1.48 bits per heavy atom. The third-order valence-corrected chi connectivity index (χ3v) is 8.64. The molecule has 0 amide bonds. The number of hydrogen-bond acceptors (Lipinski definition) is 6. The van der Waals surface area contributed by atoms with Gasteiger partial charge in [-0.3, -0.25) is 18.8 Å². The van der Waals surface area contributed by atoms with Gasteiger partial charge in [-0.2, -0.15) is 0 Å². The normalized spacial score (nSPS) is 14.7. The smallest absolute Gasteiger partial charge is 0.331 e. The van der Waals surface area contributed by atoms with Crippen LogP contribution in [0.2, 0.25) is 0 Å². The molecule has 0 aliphatic carbocycles. The van der Waals surface area contributed by atoms with E-state index < -0.39 is 28.9 Å². The van der Waals surface area contributed by atoms with Gasteiger partial charge in [0, 0.05) is 54.9 Å². The highest BCUT2D eigenvalue weighted by Gasteiger charge is 2.26. The van der Waals surface area contributed by atoms with Crippen LogP contribution in [0.15, 0.2) is 87.3 Å². The van der Waals surface area contributed by atoms with Gasteiger partial charge in [-0.25, -0.2) is 13.6 Å². The van der Waals surface area contributed by atoms with Crippen molar-refractivity contribution in [1.29, 1.82) is 0 Å². The highest BCUT2D eigenvalue weighted by atomic mass is 32.2. The minimum absolute atomic E-state index is 0.0687. The molecule has 0 spiro atoms. The van der Waals surface area contributed by atoms with Crippen LogP contribution in [0, 0.1) is 18.6 Å². The zero-order chi connectivity index (χ0) is 29.8. The molecular formula is C32H35F2N5O2S. The number of nitrogens with two attached hydrogens (primary N) is 1. The van der Waals surface area contributed by atoms with Gasteiger partial charge in [0.2, 0.25) is 0 Å². The maximum atomic E-state index is 14.7. The Morgan fingerprint density at radius 3 is 2.10 bits per heavy atom. The quantitative estimate of drug-likeness (QED) is 0.291. The van der Waals surface area contributed by atoms with Crippen molar-refractivity contribution in [2.45, 2.75) is 37.5 Å². The molecule has 1 fully saturated rings. The monoisotopic (exact) mass is 591 g/mol. The topological polar surface area (TPSA) is 76.5 Å². The largest absolute Gasteiger partial charge is 0.363 e. The standard InChI is InChI=1S/C32H35F2N5O2S/c1-22-30(37-17-15-36(16-18-37)19-23-11-13-25(42-2)14-12-23)31(40)39(21-29(35)24-7-4-3-5-8-24)32(41)38(22)20-26-27(33)9-6-10-28(26)34/h3-14,29H,15-21,35H2,1-2H3/t29-/m0/s1. The molecule has 10 heteroatoms. The van der Waals surface area contributed by atoms with Gasteiger partial charge in [-0.05, 0) is 48.6 Å². The third kappa shape index (κ3) is 6.35. The average Bonchev–Trinajstić information content (AvgIpc) is 3.00. The number of halogens is 2. The summed E-state index contributed by atoms with van der Waals surface area (Å²) in [4.78, 5) is 33.2. The number of aromatic nitrogens is 2. The molecule has 3 aromatic carbocycles. The van der Waals surface area contributed by atoms with Crippen LogP contribution in [-0.4, -0.2) is 46.5 Å². The second-order valence-electron chi connectivity index (χ2n) is 10.5. The molecular weight excluding hydrogens is 556 g/mol. The number of benzene rings is 3. The summed E-state index contributed by atoms with van der Waals surface area (Å²) in [5, 5.41) is 0. The summed E-state index contributed by atoms with van der Waals surface area (Å²) in [6.45, 7) is 4.61. The van der Waals surface area contributed by atoms with Crippen LogP contribution >= 0.6 is 11.8 Å². The number of hydrogen-bond donors (Lipinski definition) is 1. The third-order valence-electron chi connectivity index (χ3n) is 7.90. The predicted molar refractivity (Wildman–Crippen MR) is 164 cm³/mol. The van der Waals surface area contributed by atoms with Gasteiger partial charge in [0.05, 0.1) is 13.1 Å². The van der Waals surface area contributed by atoms with Crippen LogP contribution in [0.5, 0.6) is 0 Å². The van der Waals surface area contributed by atoms with Crippen LogP contribution in [0.1, 0.15) is 28.4 Å². The van der Waals surface area contributed by atoms with E-state index in [0.29, 0.717) is 37.6 Å². The zero-order valence-electron chi connectivity index (χ0n) is 23.8. The average molecular weight is 592 g/mol. The maximum absolute atomic E-state index is 14.7. The molecule has 0 unspecified atom stereocenters. The number of nitrogens with zero attached hydrogens (tertiary/aromatic N) is 4. The molecule has 1 saturated heterocycles. The van der Waals surface area contributed by atoms with Gasteiger partial charge in [0.25, 0.3) is 5.56 Å². The lowest BCUT2D eigenvalue weighted by molar-refractivity contribution is 0.249. The minimum atomic E-state index is -0.749. The van der Waals surface area contributed by atoms with Crippen molar-refractivity contribution >= 4 is 17.4 Å². The summed E-state index contributed by atoms with van der Waals surface area (Å²) in [5.41, 5.74) is 7.83. The van der Waals surface area contributed by atoms with E-state index in [2.05, 4.69) is 35.4 Å². The van der Waals surface area contributed by atoms with E-state index >= 15 is 0 Å². The summed E-state index contributed by atoms with van der Waals surface area (Å²) in [6, 6.07) is 20.7. The first-order chi connectivity index (χ1) is 20.3. The molecule has 0 bridgehead atoms. The molecule has 0 radical (unpaired) electrons. The molecule has 42 heavy (non-hydrogen) atoms. The molecule has 5 rings (SSSR count). The first-order valence-electron chi connectivity index (χ1n) is 13.9. The fourth-order valence-electron chi connectivity index (χ4n) is 5.46.